The predicted molar refractivity (Wildman–Crippen MR) is 54.8 cm³/mol. The second kappa shape index (κ2) is 4.50. The molecule has 0 unspecified atom stereocenters. The fraction of sp³-hybridized carbons (Fsp3) is 0.250. The topological polar surface area (TPSA) is 89.4 Å². The summed E-state index contributed by atoms with van der Waals surface area (Å²) < 4.78 is 0.575. The summed E-state index contributed by atoms with van der Waals surface area (Å²) in [6.07, 6.45) is 0. The van der Waals surface area contributed by atoms with Crippen molar-refractivity contribution in [1.82, 2.24) is 0 Å². The van der Waals surface area contributed by atoms with Crippen molar-refractivity contribution in [3.05, 3.63) is 38.3 Å². The number of aliphatic hydroxyl groups excluding tert-OH is 1. The maximum absolute atomic E-state index is 10.5. The van der Waals surface area contributed by atoms with E-state index < -0.39 is 11.0 Å². The van der Waals surface area contributed by atoms with Crippen molar-refractivity contribution >= 4 is 21.6 Å². The van der Waals surface area contributed by atoms with E-state index in [1.807, 2.05) is 0 Å². The van der Waals surface area contributed by atoms with E-state index in [2.05, 4.69) is 15.9 Å². The molecule has 0 heterocycles. The van der Waals surface area contributed by atoms with E-state index in [0.717, 1.165) is 0 Å². The number of nitrogens with two attached hydrogens (primary N) is 1. The van der Waals surface area contributed by atoms with Gasteiger partial charge >= 0.3 is 0 Å². The summed E-state index contributed by atoms with van der Waals surface area (Å²) in [4.78, 5) is 10.00. The largest absolute Gasteiger partial charge is 0.394 e. The Morgan fingerprint density at radius 1 is 1.57 bits per heavy atom. The van der Waals surface area contributed by atoms with Crippen LogP contribution < -0.4 is 5.73 Å². The third kappa shape index (κ3) is 2.50. The van der Waals surface area contributed by atoms with Crippen molar-refractivity contribution in [2.75, 3.05) is 6.61 Å². The third-order valence-corrected chi connectivity index (χ3v) is 2.20. The zero-order chi connectivity index (χ0) is 10.7. The maximum Gasteiger partial charge on any atom is 0.270 e. The minimum atomic E-state index is -0.591. The van der Waals surface area contributed by atoms with Crippen molar-refractivity contribution < 1.29 is 10.0 Å². The lowest BCUT2D eigenvalue weighted by Crippen LogP contribution is -2.14. The van der Waals surface area contributed by atoms with Gasteiger partial charge in [0.15, 0.2) is 0 Å². The van der Waals surface area contributed by atoms with Gasteiger partial charge in [-0.3, -0.25) is 10.1 Å². The molecular formula is C8H9BrN2O3. The molecule has 0 aliphatic heterocycles. The Kier molecular flexibility index (Phi) is 3.56. The Bertz CT molecular complexity index is 356. The van der Waals surface area contributed by atoms with Crippen LogP contribution in [0.1, 0.15) is 11.6 Å². The molecule has 1 aromatic carbocycles. The van der Waals surface area contributed by atoms with Crippen molar-refractivity contribution in [3.63, 3.8) is 0 Å². The number of hydrogen-bond acceptors (Lipinski definition) is 4. The summed E-state index contributed by atoms with van der Waals surface area (Å²) >= 11 is 3.14. The molecule has 0 aliphatic rings. The first kappa shape index (κ1) is 11.1. The summed E-state index contributed by atoms with van der Waals surface area (Å²) in [6, 6.07) is 3.79. The summed E-state index contributed by atoms with van der Waals surface area (Å²) in [5.74, 6) is 0. The van der Waals surface area contributed by atoms with Crippen LogP contribution in [-0.4, -0.2) is 16.6 Å². The quantitative estimate of drug-likeness (QED) is 0.634. The number of nitrogens with zero attached hydrogens (tertiary/aromatic N) is 1. The van der Waals surface area contributed by atoms with Gasteiger partial charge in [0.1, 0.15) is 0 Å². The van der Waals surface area contributed by atoms with Crippen LogP contribution in [-0.2, 0) is 0 Å². The molecule has 76 valence electrons. The molecule has 0 aromatic heterocycles. The van der Waals surface area contributed by atoms with Crippen molar-refractivity contribution in [2.45, 2.75) is 6.04 Å². The zero-order valence-electron chi connectivity index (χ0n) is 7.18. The molecule has 0 spiro atoms. The van der Waals surface area contributed by atoms with E-state index in [4.69, 9.17) is 10.8 Å². The van der Waals surface area contributed by atoms with Gasteiger partial charge < -0.3 is 10.8 Å². The van der Waals surface area contributed by atoms with E-state index in [1.165, 1.54) is 12.1 Å². The number of halogens is 1. The van der Waals surface area contributed by atoms with Gasteiger partial charge in [-0.1, -0.05) is 15.9 Å². The number of aliphatic hydroxyl groups is 1. The fourth-order valence-electron chi connectivity index (χ4n) is 1.02. The van der Waals surface area contributed by atoms with Crippen LogP contribution in [0.15, 0.2) is 22.7 Å². The van der Waals surface area contributed by atoms with Crippen LogP contribution in [0.5, 0.6) is 0 Å². The van der Waals surface area contributed by atoms with Gasteiger partial charge in [-0.25, -0.2) is 0 Å². The Morgan fingerprint density at radius 3 is 2.71 bits per heavy atom. The molecular weight excluding hydrogens is 252 g/mol. The molecule has 3 N–H and O–H groups in total. The normalized spacial score (nSPS) is 12.5. The Hall–Kier alpha value is -0.980. The van der Waals surface area contributed by atoms with Crippen LogP contribution in [0.25, 0.3) is 0 Å². The average molecular weight is 261 g/mol. The molecule has 0 saturated heterocycles. The Morgan fingerprint density at radius 2 is 2.21 bits per heavy atom. The van der Waals surface area contributed by atoms with Gasteiger partial charge in [0, 0.05) is 16.6 Å². The number of nitro benzene ring substituents is 1. The second-order valence-corrected chi connectivity index (χ2v) is 3.70. The van der Waals surface area contributed by atoms with Crippen molar-refractivity contribution in [2.24, 2.45) is 5.73 Å². The van der Waals surface area contributed by atoms with E-state index in [-0.39, 0.29) is 12.3 Å². The first-order valence-corrected chi connectivity index (χ1v) is 4.65. The molecule has 0 aliphatic carbocycles. The lowest BCUT2D eigenvalue weighted by Gasteiger charge is -2.08. The second-order valence-electron chi connectivity index (χ2n) is 2.79. The lowest BCUT2D eigenvalue weighted by atomic mass is 10.1. The third-order valence-electron chi connectivity index (χ3n) is 1.74. The summed E-state index contributed by atoms with van der Waals surface area (Å²) in [5, 5.41) is 19.3. The van der Waals surface area contributed by atoms with E-state index in [9.17, 15) is 10.1 Å². The first-order chi connectivity index (χ1) is 6.54. The summed E-state index contributed by atoms with van der Waals surface area (Å²) in [6.45, 7) is -0.242. The molecule has 0 bridgehead atoms. The molecule has 1 rings (SSSR count). The smallest absolute Gasteiger partial charge is 0.270 e. The monoisotopic (exact) mass is 260 g/mol. The molecule has 0 amide bonds. The number of benzene rings is 1. The first-order valence-electron chi connectivity index (χ1n) is 3.86. The van der Waals surface area contributed by atoms with Crippen molar-refractivity contribution in [1.29, 1.82) is 0 Å². The number of non-ortho nitro benzene ring substituents is 1. The predicted octanol–water partition coefficient (Wildman–Crippen LogP) is 1.35. The van der Waals surface area contributed by atoms with Crippen LogP contribution in [0, 0.1) is 10.1 Å². The molecule has 0 saturated carbocycles. The van der Waals surface area contributed by atoms with Gasteiger partial charge in [0.25, 0.3) is 5.69 Å². The standard InChI is InChI=1S/C8H9BrN2O3/c9-6-1-5(8(10)4-12)2-7(3-6)11(13)14/h1-3,8,12H,4,10H2/t8-/m1/s1. The highest BCUT2D eigenvalue weighted by molar-refractivity contribution is 9.10. The van der Waals surface area contributed by atoms with Gasteiger partial charge in [-0.2, -0.15) is 0 Å². The lowest BCUT2D eigenvalue weighted by molar-refractivity contribution is -0.385. The van der Waals surface area contributed by atoms with Crippen LogP contribution in [0.3, 0.4) is 0 Å². The summed E-state index contributed by atoms with van der Waals surface area (Å²) in [7, 11) is 0. The molecule has 5 nitrogen and oxygen atoms in total. The van der Waals surface area contributed by atoms with Crippen molar-refractivity contribution in [3.8, 4) is 0 Å². The molecule has 6 heteroatoms. The van der Waals surface area contributed by atoms with Gasteiger partial charge in [-0.05, 0) is 11.6 Å². The highest BCUT2D eigenvalue weighted by atomic mass is 79.9. The van der Waals surface area contributed by atoms with E-state index in [1.54, 1.807) is 6.07 Å². The maximum atomic E-state index is 10.5. The average Bonchev–Trinajstić information content (AvgIpc) is 2.15. The fourth-order valence-corrected chi connectivity index (χ4v) is 1.52. The molecule has 1 atom stereocenters. The minimum absolute atomic E-state index is 0.0433. The highest BCUT2D eigenvalue weighted by Gasteiger charge is 2.12. The number of nitro groups is 1. The zero-order valence-corrected chi connectivity index (χ0v) is 8.77. The Balaban J connectivity index is 3.13. The molecule has 1 aromatic rings. The van der Waals surface area contributed by atoms with Gasteiger partial charge in [0.05, 0.1) is 17.6 Å². The SMILES string of the molecule is N[C@H](CO)c1cc(Br)cc([N+](=O)[O-])c1. The molecule has 14 heavy (non-hydrogen) atoms. The van der Waals surface area contributed by atoms with Gasteiger partial charge in [-0.15, -0.1) is 0 Å². The minimum Gasteiger partial charge on any atom is -0.394 e. The molecule has 0 radical (unpaired) electrons. The summed E-state index contributed by atoms with van der Waals surface area (Å²) in [5.41, 5.74) is 6.03. The van der Waals surface area contributed by atoms with E-state index >= 15 is 0 Å². The Labute approximate surface area is 88.8 Å². The number of rotatable bonds is 3. The van der Waals surface area contributed by atoms with E-state index in [0.29, 0.717) is 10.0 Å². The van der Waals surface area contributed by atoms with Crippen LogP contribution >= 0.6 is 15.9 Å². The highest BCUT2D eigenvalue weighted by Crippen LogP contribution is 2.24. The van der Waals surface area contributed by atoms with Crippen LogP contribution in [0.2, 0.25) is 0 Å². The number of hydrogen-bond donors (Lipinski definition) is 2. The molecule has 0 fully saturated rings. The van der Waals surface area contributed by atoms with Gasteiger partial charge in [0.2, 0.25) is 0 Å². The van der Waals surface area contributed by atoms with Crippen LogP contribution in [0.4, 0.5) is 5.69 Å².